The van der Waals surface area contributed by atoms with E-state index in [1.54, 1.807) is 24.3 Å². The lowest BCUT2D eigenvalue weighted by Gasteiger charge is -2.01. The minimum Gasteiger partial charge on any atom is -0.351 e. The number of hydrogen-bond acceptors (Lipinski definition) is 3. The highest BCUT2D eigenvalue weighted by molar-refractivity contribution is 7.71. The highest BCUT2D eigenvalue weighted by atomic mass is 32.2. The zero-order chi connectivity index (χ0) is 10.6. The molecule has 0 spiro atoms. The van der Waals surface area contributed by atoms with Gasteiger partial charge in [-0.15, -0.1) is 0 Å². The highest BCUT2D eigenvalue weighted by Crippen LogP contribution is 2.09. The minimum atomic E-state index is -2.42. The molecule has 0 radical (unpaired) electrons. The van der Waals surface area contributed by atoms with Gasteiger partial charge >= 0.3 is 6.03 Å². The fourth-order valence-electron chi connectivity index (χ4n) is 0.985. The van der Waals surface area contributed by atoms with Gasteiger partial charge in [0.05, 0.1) is 5.75 Å². The van der Waals surface area contributed by atoms with E-state index in [-0.39, 0.29) is 5.75 Å². The molecular formula is C8H10N2O3S. The van der Waals surface area contributed by atoms with Crippen LogP contribution in [-0.4, -0.2) is 14.4 Å². The van der Waals surface area contributed by atoms with E-state index in [4.69, 9.17) is 5.73 Å². The molecule has 0 fully saturated rings. The molecule has 2 amide bonds. The summed E-state index contributed by atoms with van der Waals surface area (Å²) < 4.78 is 20.8. The molecule has 0 saturated carbocycles. The molecule has 0 unspecified atom stereocenters. The number of anilines is 1. The van der Waals surface area contributed by atoms with Gasteiger partial charge in [-0.3, -0.25) is 0 Å². The molecule has 0 heterocycles. The third-order valence-electron chi connectivity index (χ3n) is 1.53. The number of amides is 2. The van der Waals surface area contributed by atoms with Crippen molar-refractivity contribution < 1.29 is 13.2 Å². The van der Waals surface area contributed by atoms with E-state index < -0.39 is 16.7 Å². The quantitative estimate of drug-likeness (QED) is 0.632. The molecule has 0 bridgehead atoms. The lowest BCUT2D eigenvalue weighted by molar-refractivity contribution is 0.259. The van der Waals surface area contributed by atoms with Crippen molar-refractivity contribution in [2.45, 2.75) is 5.75 Å². The molecule has 0 aliphatic heterocycles. The third kappa shape index (κ3) is 3.44. The molecule has 0 aliphatic rings. The molecule has 0 aromatic heterocycles. The third-order valence-corrected chi connectivity index (χ3v) is 2.16. The van der Waals surface area contributed by atoms with Gasteiger partial charge in [0.2, 0.25) is 0 Å². The summed E-state index contributed by atoms with van der Waals surface area (Å²) in [5.41, 5.74) is 6.12. The Morgan fingerprint density at radius 3 is 2.29 bits per heavy atom. The Labute approximate surface area is 82.9 Å². The number of hydrogen-bond donors (Lipinski definition) is 3. The number of carbonyl (C=O) groups is 1. The summed E-state index contributed by atoms with van der Waals surface area (Å²) >= 11 is 0. The lowest BCUT2D eigenvalue weighted by Crippen LogP contribution is -2.19. The van der Waals surface area contributed by atoms with Gasteiger partial charge in [0.1, 0.15) is 10.7 Å². The van der Waals surface area contributed by atoms with Gasteiger partial charge in [0, 0.05) is 5.69 Å². The number of nitrogens with one attached hydrogen (secondary N) is 1. The summed E-state index contributed by atoms with van der Waals surface area (Å²) in [4.78, 5) is 10.4. The SMILES string of the molecule is NC(=O)Nc1ccc(C[SH](=O)=O)cc1. The van der Waals surface area contributed by atoms with Crippen molar-refractivity contribution >= 4 is 22.4 Å². The molecule has 5 nitrogen and oxygen atoms in total. The van der Waals surface area contributed by atoms with Crippen LogP contribution in [0.25, 0.3) is 0 Å². The second kappa shape index (κ2) is 4.61. The van der Waals surface area contributed by atoms with Gasteiger partial charge in [-0.1, -0.05) is 12.1 Å². The van der Waals surface area contributed by atoms with Crippen LogP contribution in [0.1, 0.15) is 5.56 Å². The van der Waals surface area contributed by atoms with E-state index in [9.17, 15) is 13.2 Å². The Hall–Kier alpha value is -1.56. The summed E-state index contributed by atoms with van der Waals surface area (Å²) in [7, 11) is -2.42. The average Bonchev–Trinajstić information content (AvgIpc) is 2.06. The molecule has 0 atom stereocenters. The van der Waals surface area contributed by atoms with Crippen LogP contribution in [0.5, 0.6) is 0 Å². The van der Waals surface area contributed by atoms with Gasteiger partial charge in [-0.2, -0.15) is 0 Å². The minimum absolute atomic E-state index is 0.00614. The van der Waals surface area contributed by atoms with Crippen LogP contribution in [0.4, 0.5) is 10.5 Å². The van der Waals surface area contributed by atoms with E-state index in [2.05, 4.69) is 5.32 Å². The number of primary amides is 1. The predicted octanol–water partition coefficient (Wildman–Crippen LogP) is 0.289. The van der Waals surface area contributed by atoms with Crippen molar-refractivity contribution in [1.82, 2.24) is 0 Å². The summed E-state index contributed by atoms with van der Waals surface area (Å²) in [5, 5.41) is 2.37. The number of nitrogens with two attached hydrogens (primary N) is 1. The van der Waals surface area contributed by atoms with Crippen molar-refractivity contribution in [3.63, 3.8) is 0 Å². The van der Waals surface area contributed by atoms with Crippen LogP contribution in [0.15, 0.2) is 24.3 Å². The Kier molecular flexibility index (Phi) is 3.47. The normalized spacial score (nSPS) is 10.1. The topological polar surface area (TPSA) is 89.3 Å². The van der Waals surface area contributed by atoms with E-state index in [0.29, 0.717) is 11.3 Å². The van der Waals surface area contributed by atoms with Crippen molar-refractivity contribution in [3.8, 4) is 0 Å². The van der Waals surface area contributed by atoms with E-state index in [1.807, 2.05) is 0 Å². The number of rotatable bonds is 3. The molecule has 1 aromatic carbocycles. The van der Waals surface area contributed by atoms with Crippen molar-refractivity contribution in [2.24, 2.45) is 5.73 Å². The molecule has 1 rings (SSSR count). The first-order valence-electron chi connectivity index (χ1n) is 3.85. The molecule has 76 valence electrons. The molecule has 3 N–H and O–H groups in total. The lowest BCUT2D eigenvalue weighted by atomic mass is 10.2. The van der Waals surface area contributed by atoms with Crippen LogP contribution in [0, 0.1) is 0 Å². The van der Waals surface area contributed by atoms with E-state index in [1.165, 1.54) is 0 Å². The molecule has 1 aromatic rings. The fourth-order valence-corrected chi connectivity index (χ4v) is 1.49. The monoisotopic (exact) mass is 214 g/mol. The average molecular weight is 214 g/mol. The Morgan fingerprint density at radius 1 is 1.29 bits per heavy atom. The first-order valence-corrected chi connectivity index (χ1v) is 5.21. The second-order valence-electron chi connectivity index (χ2n) is 2.68. The number of urea groups is 1. The van der Waals surface area contributed by atoms with Gasteiger partial charge < -0.3 is 11.1 Å². The van der Waals surface area contributed by atoms with Crippen LogP contribution < -0.4 is 11.1 Å². The van der Waals surface area contributed by atoms with Crippen LogP contribution >= 0.6 is 0 Å². The van der Waals surface area contributed by atoms with Gasteiger partial charge in [0.25, 0.3) is 0 Å². The summed E-state index contributed by atoms with van der Waals surface area (Å²) in [6, 6.07) is 5.79. The van der Waals surface area contributed by atoms with E-state index in [0.717, 1.165) is 0 Å². The van der Waals surface area contributed by atoms with Gasteiger partial charge in [-0.25, -0.2) is 13.2 Å². The second-order valence-corrected chi connectivity index (χ2v) is 3.66. The zero-order valence-electron chi connectivity index (χ0n) is 7.27. The Morgan fingerprint density at radius 2 is 1.86 bits per heavy atom. The van der Waals surface area contributed by atoms with Gasteiger partial charge in [-0.05, 0) is 17.7 Å². The van der Waals surface area contributed by atoms with Crippen LogP contribution in [0.3, 0.4) is 0 Å². The first kappa shape index (κ1) is 10.5. The molecule has 14 heavy (non-hydrogen) atoms. The van der Waals surface area contributed by atoms with Gasteiger partial charge in [0.15, 0.2) is 0 Å². The predicted molar refractivity (Wildman–Crippen MR) is 53.7 cm³/mol. The van der Waals surface area contributed by atoms with Crippen molar-refractivity contribution in [2.75, 3.05) is 5.32 Å². The summed E-state index contributed by atoms with van der Waals surface area (Å²) in [5.74, 6) is 0.00614. The van der Waals surface area contributed by atoms with E-state index >= 15 is 0 Å². The van der Waals surface area contributed by atoms with Crippen molar-refractivity contribution in [1.29, 1.82) is 0 Å². The maximum Gasteiger partial charge on any atom is 0.316 e. The fraction of sp³-hybridized carbons (Fsp3) is 0.125. The Bertz CT molecular complexity index is 390. The molecule has 0 saturated heterocycles. The molecule has 0 aliphatic carbocycles. The standard InChI is InChI=1S/C8H10N2O3S/c9-8(11)10-7-3-1-6(2-4-7)5-14(12)13/h1-4,14H,5H2,(H3,9,10,11). The zero-order valence-corrected chi connectivity index (χ0v) is 8.16. The van der Waals surface area contributed by atoms with Crippen LogP contribution in [0.2, 0.25) is 0 Å². The van der Waals surface area contributed by atoms with Crippen molar-refractivity contribution in [3.05, 3.63) is 29.8 Å². The number of benzene rings is 1. The largest absolute Gasteiger partial charge is 0.351 e. The number of thiol groups is 1. The molecule has 6 heteroatoms. The number of carbonyl (C=O) groups excluding carboxylic acids is 1. The summed E-state index contributed by atoms with van der Waals surface area (Å²) in [6.45, 7) is 0. The highest BCUT2D eigenvalue weighted by Gasteiger charge is 1.97. The van der Waals surface area contributed by atoms with Crippen LogP contribution in [-0.2, 0) is 16.5 Å². The Balaban J connectivity index is 2.73. The summed E-state index contributed by atoms with van der Waals surface area (Å²) in [6.07, 6.45) is 0. The first-order chi connectivity index (χ1) is 6.58. The smallest absolute Gasteiger partial charge is 0.316 e. The maximum absolute atomic E-state index is 10.4. The molecular weight excluding hydrogens is 204 g/mol. The maximum atomic E-state index is 10.4.